The van der Waals surface area contributed by atoms with E-state index in [1.165, 1.54) is 6.07 Å². The predicted molar refractivity (Wildman–Crippen MR) is 119 cm³/mol. The van der Waals surface area contributed by atoms with Crippen LogP contribution in [0.15, 0.2) is 29.0 Å². The number of carbonyl (C=O) groups is 3. The number of fused-ring (bicyclic) bond motifs is 3. The first kappa shape index (κ1) is 23.0. The van der Waals surface area contributed by atoms with Crippen molar-refractivity contribution in [3.8, 4) is 5.75 Å². The third-order valence-corrected chi connectivity index (χ3v) is 7.34. The quantitative estimate of drug-likeness (QED) is 0.326. The Balaban J connectivity index is 1.80. The van der Waals surface area contributed by atoms with Crippen molar-refractivity contribution < 1.29 is 34.8 Å². The number of Topliss-reactive ketones (excluding diaryl/α,β-unsaturated/α-hetero) is 2. The van der Waals surface area contributed by atoms with Gasteiger partial charge in [-0.3, -0.25) is 14.4 Å². The number of aliphatic hydroxyl groups is 3. The lowest BCUT2D eigenvalue weighted by atomic mass is 9.59. The van der Waals surface area contributed by atoms with E-state index in [1.807, 2.05) is 6.07 Å². The number of aryl methyl sites for hydroxylation is 1. The number of primary amides is 1. The second-order valence-electron chi connectivity index (χ2n) is 9.31. The average Bonchev–Trinajstić information content (AvgIpc) is 2.75. The Morgan fingerprint density at radius 3 is 2.52 bits per heavy atom. The molecule has 0 aliphatic heterocycles. The molecule has 8 heteroatoms. The van der Waals surface area contributed by atoms with E-state index in [9.17, 15) is 34.8 Å². The Morgan fingerprint density at radius 1 is 1.12 bits per heavy atom. The highest BCUT2D eigenvalue weighted by molar-refractivity contribution is 6.22. The number of hydrogen-bond donors (Lipinski definition) is 5. The number of amides is 1. The molecule has 0 unspecified atom stereocenters. The summed E-state index contributed by atoms with van der Waals surface area (Å²) in [6, 6.07) is 3.31. The molecule has 3 aliphatic rings. The molecule has 1 aromatic carbocycles. The molecule has 6 N–H and O–H groups in total. The molecule has 0 aromatic heterocycles. The van der Waals surface area contributed by atoms with Crippen LogP contribution in [0, 0.1) is 11.8 Å². The third kappa shape index (κ3) is 3.44. The van der Waals surface area contributed by atoms with Crippen LogP contribution in [0.1, 0.15) is 62.1 Å². The minimum Gasteiger partial charge on any atom is -0.508 e. The summed E-state index contributed by atoms with van der Waals surface area (Å²) in [4.78, 5) is 37.5. The number of phenolic OH excluding ortho intramolecular Hbond substituents is 1. The van der Waals surface area contributed by atoms with Gasteiger partial charge in [0.05, 0.1) is 5.56 Å². The first-order valence-electron chi connectivity index (χ1n) is 11.4. The van der Waals surface area contributed by atoms with Gasteiger partial charge in [0.25, 0.3) is 5.91 Å². The van der Waals surface area contributed by atoms with Gasteiger partial charge in [0.2, 0.25) is 5.78 Å². The largest absolute Gasteiger partial charge is 0.508 e. The third-order valence-electron chi connectivity index (χ3n) is 7.34. The highest BCUT2D eigenvalue weighted by Crippen LogP contribution is 2.52. The molecule has 1 fully saturated rings. The number of benzene rings is 1. The lowest BCUT2D eigenvalue weighted by Crippen LogP contribution is -2.58. The van der Waals surface area contributed by atoms with E-state index in [0.29, 0.717) is 6.42 Å². The number of carbonyl (C=O) groups excluding carboxylic acids is 3. The molecule has 1 saturated carbocycles. The van der Waals surface area contributed by atoms with Gasteiger partial charge in [-0.25, -0.2) is 0 Å². The molecular formula is C25H29NO7. The van der Waals surface area contributed by atoms with Crippen LogP contribution in [0.2, 0.25) is 0 Å². The van der Waals surface area contributed by atoms with Crippen molar-refractivity contribution in [1.29, 1.82) is 0 Å². The summed E-state index contributed by atoms with van der Waals surface area (Å²) in [6.07, 6.45) is 5.19. The molecule has 1 amide bonds. The van der Waals surface area contributed by atoms with E-state index in [4.69, 9.17) is 5.73 Å². The van der Waals surface area contributed by atoms with E-state index in [0.717, 1.165) is 43.2 Å². The van der Waals surface area contributed by atoms with Gasteiger partial charge in [-0.05, 0) is 48.8 Å². The van der Waals surface area contributed by atoms with Gasteiger partial charge in [-0.1, -0.05) is 32.3 Å². The monoisotopic (exact) mass is 455 g/mol. The van der Waals surface area contributed by atoms with E-state index in [2.05, 4.69) is 6.92 Å². The van der Waals surface area contributed by atoms with Gasteiger partial charge in [0.15, 0.2) is 11.4 Å². The number of rotatable bonds is 6. The van der Waals surface area contributed by atoms with Crippen molar-refractivity contribution in [2.45, 2.75) is 63.9 Å². The predicted octanol–water partition coefficient (Wildman–Crippen LogP) is 2.55. The lowest BCUT2D eigenvalue weighted by molar-refractivity contribution is -0.147. The van der Waals surface area contributed by atoms with Gasteiger partial charge < -0.3 is 26.2 Å². The standard InChI is InChI=1S/C25H29NO7/c1-2-3-4-5-6-12-7-8-16(27)19-15(12)10-13-9-14-11-17(28)20(24(26)32)23(31)25(14,33)22(30)18(13)21(19)29/h7-8,13-14,27,29,31,33H,2-6,9-11H2,1H3,(H2,26,32)/t13-,14+,25+/m1/s1. The highest BCUT2D eigenvalue weighted by atomic mass is 16.3. The van der Waals surface area contributed by atoms with E-state index < -0.39 is 52.0 Å². The van der Waals surface area contributed by atoms with Crippen LogP contribution in [0.4, 0.5) is 0 Å². The van der Waals surface area contributed by atoms with Crippen LogP contribution in [-0.4, -0.2) is 43.5 Å². The zero-order valence-corrected chi connectivity index (χ0v) is 18.6. The van der Waals surface area contributed by atoms with Crippen LogP contribution in [0.25, 0.3) is 5.76 Å². The number of ketones is 2. The summed E-state index contributed by atoms with van der Waals surface area (Å²) in [5, 5.41) is 43.4. The summed E-state index contributed by atoms with van der Waals surface area (Å²) >= 11 is 0. The van der Waals surface area contributed by atoms with Gasteiger partial charge >= 0.3 is 0 Å². The van der Waals surface area contributed by atoms with Crippen LogP contribution in [0.5, 0.6) is 5.75 Å². The number of nitrogens with two attached hydrogens (primary N) is 1. The minimum atomic E-state index is -2.52. The smallest absolute Gasteiger partial charge is 0.255 e. The Labute approximate surface area is 191 Å². The Bertz CT molecular complexity index is 1120. The number of aromatic hydroxyl groups is 1. The van der Waals surface area contributed by atoms with E-state index in [-0.39, 0.29) is 29.7 Å². The molecule has 0 bridgehead atoms. The molecule has 176 valence electrons. The van der Waals surface area contributed by atoms with Crippen molar-refractivity contribution in [1.82, 2.24) is 0 Å². The molecule has 3 aliphatic carbocycles. The first-order valence-corrected chi connectivity index (χ1v) is 11.4. The van der Waals surface area contributed by atoms with Crippen molar-refractivity contribution >= 4 is 23.2 Å². The van der Waals surface area contributed by atoms with Gasteiger partial charge in [0, 0.05) is 17.9 Å². The number of hydrogen-bond acceptors (Lipinski definition) is 7. The molecule has 4 rings (SSSR count). The fourth-order valence-electron chi connectivity index (χ4n) is 5.66. The zero-order chi connectivity index (χ0) is 24.1. The number of phenols is 1. The lowest BCUT2D eigenvalue weighted by Gasteiger charge is -2.46. The van der Waals surface area contributed by atoms with Gasteiger partial charge in [-0.15, -0.1) is 0 Å². The molecule has 0 saturated heterocycles. The summed E-state index contributed by atoms with van der Waals surface area (Å²) < 4.78 is 0. The van der Waals surface area contributed by atoms with Crippen LogP contribution >= 0.6 is 0 Å². The maximum absolute atomic E-state index is 13.5. The maximum atomic E-state index is 13.5. The van der Waals surface area contributed by atoms with Crippen LogP contribution in [0.3, 0.4) is 0 Å². The number of unbranched alkanes of at least 4 members (excludes halogenated alkanes) is 3. The second-order valence-corrected chi connectivity index (χ2v) is 9.31. The Morgan fingerprint density at radius 2 is 1.85 bits per heavy atom. The van der Waals surface area contributed by atoms with Crippen molar-refractivity contribution in [2.75, 3.05) is 0 Å². The SMILES string of the molecule is CCCCCCc1ccc(O)c2c1C[C@H]1C[C@H]3CC(=O)C(C(N)=O)=C(O)[C@@]3(O)C(=O)C1=C2O. The summed E-state index contributed by atoms with van der Waals surface area (Å²) in [5.74, 6) is -6.03. The minimum absolute atomic E-state index is 0.107. The molecule has 8 nitrogen and oxygen atoms in total. The molecule has 3 atom stereocenters. The van der Waals surface area contributed by atoms with E-state index in [1.54, 1.807) is 0 Å². The molecule has 0 radical (unpaired) electrons. The first-order chi connectivity index (χ1) is 15.6. The van der Waals surface area contributed by atoms with Crippen molar-refractivity contribution in [2.24, 2.45) is 17.6 Å². The highest BCUT2D eigenvalue weighted by Gasteiger charge is 2.60. The Kier molecular flexibility index (Phi) is 5.82. The van der Waals surface area contributed by atoms with Crippen molar-refractivity contribution in [3.63, 3.8) is 0 Å². The molecule has 0 spiro atoms. The molecular weight excluding hydrogens is 426 g/mol. The molecule has 33 heavy (non-hydrogen) atoms. The maximum Gasteiger partial charge on any atom is 0.255 e. The van der Waals surface area contributed by atoms with Crippen LogP contribution in [-0.2, 0) is 27.2 Å². The number of aliphatic hydroxyl groups excluding tert-OH is 2. The van der Waals surface area contributed by atoms with E-state index >= 15 is 0 Å². The second kappa shape index (κ2) is 8.33. The summed E-state index contributed by atoms with van der Waals surface area (Å²) in [7, 11) is 0. The zero-order valence-electron chi connectivity index (χ0n) is 18.6. The summed E-state index contributed by atoms with van der Waals surface area (Å²) in [5.41, 5.74) is 3.69. The van der Waals surface area contributed by atoms with Crippen LogP contribution < -0.4 is 5.73 Å². The Hall–Kier alpha value is -3.13. The fraction of sp³-hybridized carbons (Fsp3) is 0.480. The molecule has 1 aromatic rings. The average molecular weight is 456 g/mol. The summed E-state index contributed by atoms with van der Waals surface area (Å²) in [6.45, 7) is 2.13. The topological polar surface area (TPSA) is 158 Å². The van der Waals surface area contributed by atoms with Crippen molar-refractivity contribution in [3.05, 3.63) is 45.7 Å². The van der Waals surface area contributed by atoms with Gasteiger partial charge in [-0.2, -0.15) is 0 Å². The fourth-order valence-corrected chi connectivity index (χ4v) is 5.66. The normalized spacial score (nSPS) is 26.7. The van der Waals surface area contributed by atoms with Gasteiger partial charge in [0.1, 0.15) is 22.8 Å². The molecule has 0 heterocycles.